The standard InChI is InChI=1S/C23H26N4O2/c28-21(14-16-8-2-1-3-9-16)24-15-22(29)25-18-11-5-4-10-17(18)23-26-19-12-6-7-13-20(19)27-23/h4-7,10-13,16H,1-3,8-9,14-15H2,(H,24,28)(H,25,29)(H,26,27). The van der Waals surface area contributed by atoms with Gasteiger partial charge in [-0.3, -0.25) is 9.59 Å². The predicted octanol–water partition coefficient (Wildman–Crippen LogP) is 4.26. The van der Waals surface area contributed by atoms with Crippen LogP contribution in [0.4, 0.5) is 5.69 Å². The highest BCUT2D eigenvalue weighted by Gasteiger charge is 2.18. The van der Waals surface area contributed by atoms with Crippen LogP contribution < -0.4 is 10.6 Å². The lowest BCUT2D eigenvalue weighted by Crippen LogP contribution is -2.34. The highest BCUT2D eigenvalue weighted by Crippen LogP contribution is 2.28. The van der Waals surface area contributed by atoms with Crippen LogP contribution in [0, 0.1) is 5.92 Å². The molecule has 1 aromatic heterocycles. The Labute approximate surface area is 170 Å². The fourth-order valence-corrected chi connectivity index (χ4v) is 3.98. The molecule has 2 aromatic carbocycles. The Balaban J connectivity index is 1.38. The van der Waals surface area contributed by atoms with E-state index >= 15 is 0 Å². The Morgan fingerprint density at radius 1 is 0.966 bits per heavy atom. The van der Waals surface area contributed by atoms with Gasteiger partial charge in [0, 0.05) is 12.0 Å². The zero-order valence-electron chi connectivity index (χ0n) is 16.4. The number of aromatic nitrogens is 2. The third-order valence-electron chi connectivity index (χ3n) is 5.49. The van der Waals surface area contributed by atoms with Crippen molar-refractivity contribution in [2.24, 2.45) is 5.92 Å². The number of anilines is 1. The average molecular weight is 390 g/mol. The van der Waals surface area contributed by atoms with Crippen molar-refractivity contribution in [2.75, 3.05) is 11.9 Å². The molecular weight excluding hydrogens is 364 g/mol. The normalized spacial score (nSPS) is 14.6. The second kappa shape index (κ2) is 8.90. The number of para-hydroxylation sites is 3. The summed E-state index contributed by atoms with van der Waals surface area (Å²) in [5.74, 6) is 0.868. The van der Waals surface area contributed by atoms with E-state index in [1.807, 2.05) is 48.5 Å². The molecule has 0 bridgehead atoms. The Bertz CT molecular complexity index is 972. The van der Waals surface area contributed by atoms with Crippen LogP contribution in [-0.2, 0) is 9.59 Å². The van der Waals surface area contributed by atoms with E-state index in [0.29, 0.717) is 23.9 Å². The molecule has 0 saturated heterocycles. The van der Waals surface area contributed by atoms with Gasteiger partial charge in [-0.05, 0) is 43.0 Å². The summed E-state index contributed by atoms with van der Waals surface area (Å²) < 4.78 is 0. The molecule has 3 aromatic rings. The molecule has 0 atom stereocenters. The van der Waals surface area contributed by atoms with Crippen molar-refractivity contribution in [3.8, 4) is 11.4 Å². The third-order valence-corrected chi connectivity index (χ3v) is 5.49. The number of hydrogen-bond acceptors (Lipinski definition) is 3. The SMILES string of the molecule is O=C(CC1CCCCC1)NCC(=O)Nc1ccccc1-c1nc2ccccc2[nH]1. The van der Waals surface area contributed by atoms with Crippen LogP contribution in [0.1, 0.15) is 38.5 Å². The molecule has 0 aliphatic heterocycles. The quantitative estimate of drug-likeness (QED) is 0.588. The van der Waals surface area contributed by atoms with E-state index in [4.69, 9.17) is 0 Å². The summed E-state index contributed by atoms with van der Waals surface area (Å²) in [5.41, 5.74) is 3.29. The van der Waals surface area contributed by atoms with Crippen molar-refractivity contribution in [1.82, 2.24) is 15.3 Å². The van der Waals surface area contributed by atoms with Gasteiger partial charge in [0.2, 0.25) is 11.8 Å². The largest absolute Gasteiger partial charge is 0.347 e. The Morgan fingerprint density at radius 2 is 1.72 bits per heavy atom. The van der Waals surface area contributed by atoms with Gasteiger partial charge >= 0.3 is 0 Å². The lowest BCUT2D eigenvalue weighted by Gasteiger charge is -2.20. The molecule has 6 nitrogen and oxygen atoms in total. The zero-order valence-corrected chi connectivity index (χ0v) is 16.4. The minimum absolute atomic E-state index is 0.0278. The zero-order chi connectivity index (χ0) is 20.1. The lowest BCUT2D eigenvalue weighted by molar-refractivity contribution is -0.125. The Kier molecular flexibility index (Phi) is 5.89. The van der Waals surface area contributed by atoms with Gasteiger partial charge in [0.25, 0.3) is 0 Å². The Morgan fingerprint density at radius 3 is 2.55 bits per heavy atom. The van der Waals surface area contributed by atoms with E-state index in [2.05, 4.69) is 20.6 Å². The number of hydrogen-bond donors (Lipinski definition) is 3. The number of imidazole rings is 1. The molecule has 29 heavy (non-hydrogen) atoms. The van der Waals surface area contributed by atoms with Crippen molar-refractivity contribution < 1.29 is 9.59 Å². The summed E-state index contributed by atoms with van der Waals surface area (Å²) in [6.45, 7) is -0.0278. The van der Waals surface area contributed by atoms with Crippen LogP contribution >= 0.6 is 0 Å². The topological polar surface area (TPSA) is 86.9 Å². The molecule has 4 rings (SSSR count). The van der Waals surface area contributed by atoms with E-state index in [-0.39, 0.29) is 18.4 Å². The summed E-state index contributed by atoms with van der Waals surface area (Å²) in [7, 11) is 0. The molecule has 1 saturated carbocycles. The second-order valence-electron chi connectivity index (χ2n) is 7.68. The number of carbonyl (C=O) groups is 2. The number of H-pyrrole nitrogens is 1. The van der Waals surface area contributed by atoms with Gasteiger partial charge in [-0.15, -0.1) is 0 Å². The summed E-state index contributed by atoms with van der Waals surface area (Å²) in [6.07, 6.45) is 6.43. The van der Waals surface area contributed by atoms with Gasteiger partial charge < -0.3 is 15.6 Å². The van der Waals surface area contributed by atoms with Crippen molar-refractivity contribution >= 4 is 28.5 Å². The summed E-state index contributed by atoms with van der Waals surface area (Å²) >= 11 is 0. The van der Waals surface area contributed by atoms with E-state index in [9.17, 15) is 9.59 Å². The van der Waals surface area contributed by atoms with Crippen molar-refractivity contribution in [3.05, 3.63) is 48.5 Å². The van der Waals surface area contributed by atoms with Crippen molar-refractivity contribution in [1.29, 1.82) is 0 Å². The van der Waals surface area contributed by atoms with Crippen LogP contribution in [0.5, 0.6) is 0 Å². The van der Waals surface area contributed by atoms with Gasteiger partial charge in [0.1, 0.15) is 5.82 Å². The highest BCUT2D eigenvalue weighted by atomic mass is 16.2. The molecule has 1 heterocycles. The monoisotopic (exact) mass is 390 g/mol. The number of amides is 2. The molecule has 0 unspecified atom stereocenters. The number of nitrogens with zero attached hydrogens (tertiary/aromatic N) is 1. The van der Waals surface area contributed by atoms with E-state index in [1.54, 1.807) is 0 Å². The minimum atomic E-state index is -0.245. The number of rotatable bonds is 6. The van der Waals surface area contributed by atoms with Gasteiger partial charge in [0.05, 0.1) is 23.3 Å². The number of carbonyl (C=O) groups excluding carboxylic acids is 2. The number of nitrogens with one attached hydrogen (secondary N) is 3. The first kappa shape index (κ1) is 19.2. The lowest BCUT2D eigenvalue weighted by atomic mass is 9.87. The van der Waals surface area contributed by atoms with Crippen molar-refractivity contribution in [2.45, 2.75) is 38.5 Å². The van der Waals surface area contributed by atoms with Crippen LogP contribution in [0.15, 0.2) is 48.5 Å². The summed E-state index contributed by atoms with van der Waals surface area (Å²) in [6, 6.07) is 15.3. The summed E-state index contributed by atoms with van der Waals surface area (Å²) in [5, 5.41) is 5.65. The van der Waals surface area contributed by atoms with Crippen molar-refractivity contribution in [3.63, 3.8) is 0 Å². The highest BCUT2D eigenvalue weighted by molar-refractivity contribution is 5.98. The van der Waals surface area contributed by atoms with Crippen LogP contribution in [0.3, 0.4) is 0 Å². The number of fused-ring (bicyclic) bond motifs is 1. The summed E-state index contributed by atoms with van der Waals surface area (Å²) in [4.78, 5) is 32.5. The maximum absolute atomic E-state index is 12.4. The van der Waals surface area contributed by atoms with Gasteiger partial charge in [-0.2, -0.15) is 0 Å². The molecule has 1 aliphatic carbocycles. The minimum Gasteiger partial charge on any atom is -0.347 e. The van der Waals surface area contributed by atoms with E-state index < -0.39 is 0 Å². The molecular formula is C23H26N4O2. The fraction of sp³-hybridized carbons (Fsp3) is 0.348. The average Bonchev–Trinajstić information content (AvgIpc) is 3.17. The molecule has 150 valence electrons. The first-order valence-corrected chi connectivity index (χ1v) is 10.3. The molecule has 3 N–H and O–H groups in total. The maximum Gasteiger partial charge on any atom is 0.243 e. The molecule has 0 spiro atoms. The third kappa shape index (κ3) is 4.83. The smallest absolute Gasteiger partial charge is 0.243 e. The molecule has 1 aliphatic rings. The first-order chi connectivity index (χ1) is 14.2. The van der Waals surface area contributed by atoms with Gasteiger partial charge in [-0.25, -0.2) is 4.98 Å². The Hall–Kier alpha value is -3.15. The molecule has 2 amide bonds. The van der Waals surface area contributed by atoms with Gasteiger partial charge in [0.15, 0.2) is 0 Å². The second-order valence-corrected chi connectivity index (χ2v) is 7.68. The molecule has 0 radical (unpaired) electrons. The van der Waals surface area contributed by atoms with E-state index in [1.165, 1.54) is 19.3 Å². The maximum atomic E-state index is 12.4. The van der Waals surface area contributed by atoms with Crippen LogP contribution in [0.25, 0.3) is 22.4 Å². The number of aromatic amines is 1. The van der Waals surface area contributed by atoms with Gasteiger partial charge in [-0.1, -0.05) is 43.5 Å². The fourth-order valence-electron chi connectivity index (χ4n) is 3.98. The van der Waals surface area contributed by atoms with Crippen LogP contribution in [-0.4, -0.2) is 28.3 Å². The molecule has 1 fully saturated rings. The van der Waals surface area contributed by atoms with E-state index in [0.717, 1.165) is 29.4 Å². The first-order valence-electron chi connectivity index (χ1n) is 10.3. The predicted molar refractivity (Wildman–Crippen MR) is 114 cm³/mol. The number of benzene rings is 2. The molecule has 6 heteroatoms. The van der Waals surface area contributed by atoms with Crippen LogP contribution in [0.2, 0.25) is 0 Å².